The van der Waals surface area contributed by atoms with Crippen LogP contribution in [0.3, 0.4) is 0 Å². The SMILES string of the molecule is Cc1ccc2nc(CCN3CCn4nc(C(O)CO)cc4C3)[nH]c2c1. The minimum absolute atomic E-state index is 0.300. The van der Waals surface area contributed by atoms with Gasteiger partial charge in [0.25, 0.3) is 0 Å². The Bertz CT molecular complexity index is 885. The van der Waals surface area contributed by atoms with Gasteiger partial charge in [0.2, 0.25) is 0 Å². The number of aromatic amines is 1. The van der Waals surface area contributed by atoms with E-state index >= 15 is 0 Å². The van der Waals surface area contributed by atoms with Crippen LogP contribution < -0.4 is 0 Å². The summed E-state index contributed by atoms with van der Waals surface area (Å²) in [6, 6.07) is 8.14. The molecule has 4 rings (SSSR count). The Hall–Kier alpha value is -2.22. The van der Waals surface area contributed by atoms with Gasteiger partial charge in [0.1, 0.15) is 11.9 Å². The molecule has 7 nitrogen and oxygen atoms in total. The molecule has 0 aliphatic carbocycles. The summed E-state index contributed by atoms with van der Waals surface area (Å²) in [5, 5.41) is 23.2. The zero-order valence-corrected chi connectivity index (χ0v) is 14.3. The second-order valence-electron chi connectivity index (χ2n) is 6.71. The summed E-state index contributed by atoms with van der Waals surface area (Å²) < 4.78 is 1.93. The lowest BCUT2D eigenvalue weighted by molar-refractivity contribution is 0.0915. The van der Waals surface area contributed by atoms with Crippen molar-refractivity contribution in [1.82, 2.24) is 24.6 Å². The number of aliphatic hydroxyl groups is 2. The van der Waals surface area contributed by atoms with Gasteiger partial charge >= 0.3 is 0 Å². The van der Waals surface area contributed by atoms with Crippen LogP contribution in [-0.2, 0) is 19.5 Å². The first kappa shape index (κ1) is 16.3. The van der Waals surface area contributed by atoms with E-state index in [1.54, 1.807) is 0 Å². The van der Waals surface area contributed by atoms with Crippen molar-refractivity contribution in [2.24, 2.45) is 0 Å². The van der Waals surface area contributed by atoms with Crippen LogP contribution in [-0.4, -0.2) is 54.6 Å². The summed E-state index contributed by atoms with van der Waals surface area (Å²) in [7, 11) is 0. The maximum atomic E-state index is 9.73. The van der Waals surface area contributed by atoms with Gasteiger partial charge in [0.05, 0.1) is 35.6 Å². The molecule has 25 heavy (non-hydrogen) atoms. The molecular weight excluding hydrogens is 318 g/mol. The summed E-state index contributed by atoms with van der Waals surface area (Å²) in [6.45, 7) is 5.21. The number of H-pyrrole nitrogens is 1. The summed E-state index contributed by atoms with van der Waals surface area (Å²) in [4.78, 5) is 10.4. The minimum atomic E-state index is -0.898. The Balaban J connectivity index is 1.41. The van der Waals surface area contributed by atoms with Crippen molar-refractivity contribution in [3.05, 3.63) is 47.0 Å². The quantitative estimate of drug-likeness (QED) is 0.648. The van der Waals surface area contributed by atoms with Gasteiger partial charge in [-0.1, -0.05) is 6.07 Å². The van der Waals surface area contributed by atoms with Crippen LogP contribution in [0.2, 0.25) is 0 Å². The summed E-state index contributed by atoms with van der Waals surface area (Å²) in [5.41, 5.74) is 4.96. The molecule has 3 aromatic rings. The molecular formula is C18H23N5O2. The van der Waals surface area contributed by atoms with Crippen molar-refractivity contribution >= 4 is 11.0 Å². The Morgan fingerprint density at radius 2 is 2.16 bits per heavy atom. The first-order chi connectivity index (χ1) is 12.1. The first-order valence-corrected chi connectivity index (χ1v) is 8.65. The fourth-order valence-electron chi connectivity index (χ4n) is 3.35. The second kappa shape index (κ2) is 6.59. The van der Waals surface area contributed by atoms with Crippen molar-refractivity contribution in [3.63, 3.8) is 0 Å². The molecule has 1 aromatic carbocycles. The summed E-state index contributed by atoms with van der Waals surface area (Å²) >= 11 is 0. The third kappa shape index (κ3) is 3.30. The van der Waals surface area contributed by atoms with Gasteiger partial charge < -0.3 is 15.2 Å². The number of nitrogens with one attached hydrogen (secondary N) is 1. The lowest BCUT2D eigenvalue weighted by Crippen LogP contribution is -2.35. The monoisotopic (exact) mass is 341 g/mol. The largest absolute Gasteiger partial charge is 0.393 e. The average molecular weight is 341 g/mol. The normalized spacial score (nSPS) is 16.3. The highest BCUT2D eigenvalue weighted by Gasteiger charge is 2.20. The maximum absolute atomic E-state index is 9.73. The molecule has 0 saturated heterocycles. The molecule has 0 fully saturated rings. The number of nitrogens with zero attached hydrogens (tertiary/aromatic N) is 4. The van der Waals surface area contributed by atoms with Crippen LogP contribution in [0.4, 0.5) is 0 Å². The Kier molecular flexibility index (Phi) is 4.29. The molecule has 1 unspecified atom stereocenters. The van der Waals surface area contributed by atoms with E-state index in [2.05, 4.69) is 45.1 Å². The van der Waals surface area contributed by atoms with Gasteiger partial charge in [0, 0.05) is 26.1 Å². The highest BCUT2D eigenvalue weighted by molar-refractivity contribution is 5.75. The van der Waals surface area contributed by atoms with Crippen LogP contribution in [0.25, 0.3) is 11.0 Å². The Morgan fingerprint density at radius 1 is 1.28 bits per heavy atom. The predicted molar refractivity (Wildman–Crippen MR) is 94.1 cm³/mol. The molecule has 1 aliphatic rings. The molecule has 0 saturated carbocycles. The van der Waals surface area contributed by atoms with E-state index < -0.39 is 6.10 Å². The minimum Gasteiger partial charge on any atom is -0.393 e. The zero-order valence-electron chi connectivity index (χ0n) is 14.3. The Labute approximate surface area is 145 Å². The number of imidazole rings is 1. The highest BCUT2D eigenvalue weighted by Crippen LogP contribution is 2.19. The number of benzene rings is 1. The smallest absolute Gasteiger partial charge is 0.121 e. The van der Waals surface area contributed by atoms with E-state index in [0.717, 1.165) is 55.2 Å². The second-order valence-corrected chi connectivity index (χ2v) is 6.71. The van der Waals surface area contributed by atoms with Crippen molar-refractivity contribution in [3.8, 4) is 0 Å². The van der Waals surface area contributed by atoms with E-state index in [1.807, 2.05) is 10.7 Å². The summed E-state index contributed by atoms with van der Waals surface area (Å²) in [5.74, 6) is 1.01. The number of hydrogen-bond acceptors (Lipinski definition) is 5. The van der Waals surface area contributed by atoms with Crippen molar-refractivity contribution < 1.29 is 10.2 Å². The van der Waals surface area contributed by atoms with Gasteiger partial charge in [-0.2, -0.15) is 5.10 Å². The van der Waals surface area contributed by atoms with E-state index in [0.29, 0.717) is 5.69 Å². The lowest BCUT2D eigenvalue weighted by atomic mass is 10.2. The fourth-order valence-corrected chi connectivity index (χ4v) is 3.35. The number of aryl methyl sites for hydroxylation is 1. The van der Waals surface area contributed by atoms with Crippen LogP contribution in [0.5, 0.6) is 0 Å². The first-order valence-electron chi connectivity index (χ1n) is 8.65. The molecule has 1 atom stereocenters. The summed E-state index contributed by atoms with van der Waals surface area (Å²) in [6.07, 6.45) is -0.0286. The number of hydrogen-bond donors (Lipinski definition) is 3. The molecule has 2 aromatic heterocycles. The van der Waals surface area contributed by atoms with Crippen molar-refractivity contribution in [2.75, 3.05) is 19.7 Å². The lowest BCUT2D eigenvalue weighted by Gasteiger charge is -2.27. The van der Waals surface area contributed by atoms with Crippen LogP contribution in [0.1, 0.15) is 28.9 Å². The molecule has 1 aliphatic heterocycles. The zero-order chi connectivity index (χ0) is 17.4. The van der Waals surface area contributed by atoms with E-state index in [9.17, 15) is 5.11 Å². The van der Waals surface area contributed by atoms with E-state index in [4.69, 9.17) is 5.11 Å². The molecule has 0 amide bonds. The van der Waals surface area contributed by atoms with Crippen molar-refractivity contribution in [1.29, 1.82) is 0 Å². The number of aliphatic hydroxyl groups excluding tert-OH is 2. The highest BCUT2D eigenvalue weighted by atomic mass is 16.3. The Morgan fingerprint density at radius 3 is 3.00 bits per heavy atom. The van der Waals surface area contributed by atoms with Gasteiger partial charge in [-0.3, -0.25) is 9.58 Å². The number of rotatable bonds is 5. The van der Waals surface area contributed by atoms with Crippen LogP contribution in [0.15, 0.2) is 24.3 Å². The third-order valence-corrected chi connectivity index (χ3v) is 4.76. The molecule has 0 spiro atoms. The molecule has 0 radical (unpaired) electrons. The fraction of sp³-hybridized carbons (Fsp3) is 0.444. The van der Waals surface area contributed by atoms with E-state index in [1.165, 1.54) is 5.56 Å². The number of aromatic nitrogens is 4. The molecule has 0 bridgehead atoms. The van der Waals surface area contributed by atoms with Crippen molar-refractivity contribution in [2.45, 2.75) is 32.5 Å². The third-order valence-electron chi connectivity index (χ3n) is 4.76. The topological polar surface area (TPSA) is 90.2 Å². The molecule has 3 N–H and O–H groups in total. The predicted octanol–water partition coefficient (Wildman–Crippen LogP) is 1.15. The molecule has 7 heteroatoms. The molecule has 132 valence electrons. The molecule has 3 heterocycles. The maximum Gasteiger partial charge on any atom is 0.121 e. The average Bonchev–Trinajstić information content (AvgIpc) is 3.21. The number of fused-ring (bicyclic) bond motifs is 2. The van der Waals surface area contributed by atoms with Crippen LogP contribution >= 0.6 is 0 Å². The van der Waals surface area contributed by atoms with Gasteiger partial charge in [-0.05, 0) is 30.7 Å². The van der Waals surface area contributed by atoms with Gasteiger partial charge in [-0.15, -0.1) is 0 Å². The van der Waals surface area contributed by atoms with Gasteiger partial charge in [-0.25, -0.2) is 4.98 Å². The van der Waals surface area contributed by atoms with Gasteiger partial charge in [0.15, 0.2) is 0 Å². The standard InChI is InChI=1S/C18H23N5O2/c1-12-2-3-14-15(8-12)20-18(19-14)4-5-22-6-7-23-13(10-22)9-16(21-23)17(25)11-24/h2-3,8-9,17,24-25H,4-7,10-11H2,1H3,(H,19,20). The van der Waals surface area contributed by atoms with E-state index in [-0.39, 0.29) is 6.61 Å². The van der Waals surface area contributed by atoms with Crippen LogP contribution in [0, 0.1) is 6.92 Å².